The van der Waals surface area contributed by atoms with E-state index in [-0.39, 0.29) is 23.8 Å². The first-order valence-corrected chi connectivity index (χ1v) is 7.54. The van der Waals surface area contributed by atoms with Crippen molar-refractivity contribution in [1.29, 1.82) is 0 Å². The molecule has 0 unspecified atom stereocenters. The van der Waals surface area contributed by atoms with Crippen molar-refractivity contribution in [1.82, 2.24) is 16.0 Å². The van der Waals surface area contributed by atoms with E-state index in [0.717, 1.165) is 25.9 Å². The van der Waals surface area contributed by atoms with Gasteiger partial charge in [0.15, 0.2) is 0 Å². The molecule has 1 rings (SSSR count). The van der Waals surface area contributed by atoms with E-state index in [0.29, 0.717) is 13.2 Å². The topological polar surface area (TPSA) is 79.5 Å². The molecule has 0 aromatic rings. The van der Waals surface area contributed by atoms with Crippen LogP contribution in [0.4, 0.5) is 0 Å². The minimum Gasteiger partial charge on any atom is -0.384 e. The molecule has 1 aliphatic heterocycles. The summed E-state index contributed by atoms with van der Waals surface area (Å²) in [6.07, 6.45) is 1.96. The number of hydrogen-bond acceptors (Lipinski definition) is 4. The van der Waals surface area contributed by atoms with Crippen LogP contribution in [0.15, 0.2) is 0 Å². The molecule has 0 aromatic carbocycles. The van der Waals surface area contributed by atoms with Crippen LogP contribution in [-0.2, 0) is 14.3 Å². The van der Waals surface area contributed by atoms with Gasteiger partial charge >= 0.3 is 0 Å². The molecule has 3 N–H and O–H groups in total. The first-order valence-electron chi connectivity index (χ1n) is 7.54. The Morgan fingerprint density at radius 1 is 1.19 bits per heavy atom. The van der Waals surface area contributed by atoms with Gasteiger partial charge in [-0.15, -0.1) is 0 Å². The lowest BCUT2D eigenvalue weighted by Crippen LogP contribution is -2.49. The Hall–Kier alpha value is -1.14. The standard InChI is InChI=1S/C15H29N3O3/c1-14(2,3)13(20)17-9-12(19)18-10-15(11-21-4)5-7-16-8-6-15/h16H,5-11H2,1-4H3,(H,17,20)(H,18,19). The largest absolute Gasteiger partial charge is 0.384 e. The van der Waals surface area contributed by atoms with Gasteiger partial charge in [0, 0.05) is 24.5 Å². The molecule has 1 fully saturated rings. The molecule has 0 spiro atoms. The lowest BCUT2D eigenvalue weighted by Gasteiger charge is -2.37. The number of nitrogens with one attached hydrogen (secondary N) is 3. The predicted molar refractivity (Wildman–Crippen MR) is 81.9 cm³/mol. The second-order valence-electron chi connectivity index (χ2n) is 6.89. The fourth-order valence-corrected chi connectivity index (χ4v) is 2.41. The third-order valence-electron chi connectivity index (χ3n) is 3.87. The molecule has 0 bridgehead atoms. The van der Waals surface area contributed by atoms with Gasteiger partial charge in [0.05, 0.1) is 13.2 Å². The molecule has 1 saturated heterocycles. The quantitative estimate of drug-likeness (QED) is 0.658. The predicted octanol–water partition coefficient (Wildman–Crippen LogP) is 0.281. The minimum absolute atomic E-state index is 0.00367. The lowest BCUT2D eigenvalue weighted by molar-refractivity contribution is -0.131. The number of rotatable bonds is 6. The second kappa shape index (κ2) is 7.75. The van der Waals surface area contributed by atoms with Gasteiger partial charge in [-0.1, -0.05) is 20.8 Å². The molecule has 1 aliphatic rings. The third kappa shape index (κ3) is 6.01. The van der Waals surface area contributed by atoms with Gasteiger partial charge in [-0.25, -0.2) is 0 Å². The highest BCUT2D eigenvalue weighted by Gasteiger charge is 2.32. The van der Waals surface area contributed by atoms with Crippen LogP contribution in [-0.4, -0.2) is 51.7 Å². The summed E-state index contributed by atoms with van der Waals surface area (Å²) >= 11 is 0. The third-order valence-corrected chi connectivity index (χ3v) is 3.87. The van der Waals surface area contributed by atoms with Crippen LogP contribution in [0.5, 0.6) is 0 Å². The SMILES string of the molecule is COCC1(CNC(=O)CNC(=O)C(C)(C)C)CCNCC1. The van der Waals surface area contributed by atoms with Gasteiger partial charge in [0.25, 0.3) is 0 Å². The summed E-state index contributed by atoms with van der Waals surface area (Å²) in [6, 6.07) is 0. The highest BCUT2D eigenvalue weighted by atomic mass is 16.5. The molecule has 0 atom stereocenters. The van der Waals surface area contributed by atoms with Gasteiger partial charge in [0.2, 0.25) is 11.8 Å². The molecule has 21 heavy (non-hydrogen) atoms. The van der Waals surface area contributed by atoms with Crippen molar-refractivity contribution in [2.24, 2.45) is 10.8 Å². The maximum Gasteiger partial charge on any atom is 0.239 e. The molecule has 2 amide bonds. The number of methoxy groups -OCH3 is 1. The molecular weight excluding hydrogens is 270 g/mol. The normalized spacial score (nSPS) is 18.1. The van der Waals surface area contributed by atoms with E-state index < -0.39 is 5.41 Å². The number of carbonyl (C=O) groups excluding carboxylic acids is 2. The van der Waals surface area contributed by atoms with Crippen molar-refractivity contribution in [3.63, 3.8) is 0 Å². The summed E-state index contributed by atoms with van der Waals surface area (Å²) < 4.78 is 5.31. The van der Waals surface area contributed by atoms with E-state index in [1.54, 1.807) is 7.11 Å². The summed E-state index contributed by atoms with van der Waals surface area (Å²) in [6.45, 7) is 8.61. The van der Waals surface area contributed by atoms with Crippen LogP contribution in [0.25, 0.3) is 0 Å². The fraction of sp³-hybridized carbons (Fsp3) is 0.867. The number of ether oxygens (including phenoxy) is 1. The molecule has 0 aliphatic carbocycles. The Morgan fingerprint density at radius 2 is 1.81 bits per heavy atom. The Bertz CT molecular complexity index is 352. The zero-order valence-corrected chi connectivity index (χ0v) is 13.7. The molecule has 1 heterocycles. The average molecular weight is 299 g/mol. The average Bonchev–Trinajstić information content (AvgIpc) is 2.43. The summed E-state index contributed by atoms with van der Waals surface area (Å²) in [5, 5.41) is 8.90. The minimum atomic E-state index is -0.480. The van der Waals surface area contributed by atoms with E-state index in [1.165, 1.54) is 0 Å². The van der Waals surface area contributed by atoms with E-state index >= 15 is 0 Å². The molecule has 0 saturated carbocycles. The zero-order chi connectivity index (χ0) is 15.9. The Labute approximate surface area is 127 Å². The van der Waals surface area contributed by atoms with Gasteiger partial charge in [-0.2, -0.15) is 0 Å². The summed E-state index contributed by atoms with van der Waals surface area (Å²) in [5.41, 5.74) is -0.476. The second-order valence-corrected chi connectivity index (χ2v) is 6.89. The van der Waals surface area contributed by atoms with Crippen molar-refractivity contribution in [2.45, 2.75) is 33.6 Å². The Balaban J connectivity index is 2.38. The van der Waals surface area contributed by atoms with Crippen molar-refractivity contribution in [3.05, 3.63) is 0 Å². The smallest absolute Gasteiger partial charge is 0.239 e. The molecule has 6 heteroatoms. The maximum atomic E-state index is 11.9. The van der Waals surface area contributed by atoms with Crippen molar-refractivity contribution in [3.8, 4) is 0 Å². The first-order chi connectivity index (χ1) is 9.79. The number of piperidine rings is 1. The molecule has 6 nitrogen and oxygen atoms in total. The summed E-state index contributed by atoms with van der Waals surface area (Å²) in [5.74, 6) is -0.271. The van der Waals surface area contributed by atoms with E-state index in [2.05, 4.69) is 16.0 Å². The molecular formula is C15H29N3O3. The fourth-order valence-electron chi connectivity index (χ4n) is 2.41. The lowest BCUT2D eigenvalue weighted by atomic mass is 9.79. The van der Waals surface area contributed by atoms with Gasteiger partial charge < -0.3 is 20.7 Å². The number of amides is 2. The summed E-state index contributed by atoms with van der Waals surface area (Å²) in [4.78, 5) is 23.6. The van der Waals surface area contributed by atoms with Gasteiger partial charge in [0.1, 0.15) is 0 Å². The van der Waals surface area contributed by atoms with Crippen LogP contribution in [0, 0.1) is 10.8 Å². The van der Waals surface area contributed by atoms with Gasteiger partial charge in [-0.05, 0) is 25.9 Å². The first kappa shape index (κ1) is 17.9. The van der Waals surface area contributed by atoms with E-state index in [1.807, 2.05) is 20.8 Å². The van der Waals surface area contributed by atoms with Crippen LogP contribution in [0.2, 0.25) is 0 Å². The monoisotopic (exact) mass is 299 g/mol. The Morgan fingerprint density at radius 3 is 2.33 bits per heavy atom. The van der Waals surface area contributed by atoms with Crippen LogP contribution in [0.3, 0.4) is 0 Å². The molecule has 122 valence electrons. The van der Waals surface area contributed by atoms with Crippen molar-refractivity contribution in [2.75, 3.05) is 39.9 Å². The van der Waals surface area contributed by atoms with Crippen LogP contribution < -0.4 is 16.0 Å². The highest BCUT2D eigenvalue weighted by Crippen LogP contribution is 2.28. The number of carbonyl (C=O) groups is 2. The Kier molecular flexibility index (Phi) is 6.61. The number of hydrogen-bond donors (Lipinski definition) is 3. The highest BCUT2D eigenvalue weighted by molar-refractivity contribution is 5.87. The van der Waals surface area contributed by atoms with Crippen LogP contribution in [0.1, 0.15) is 33.6 Å². The van der Waals surface area contributed by atoms with Crippen molar-refractivity contribution >= 4 is 11.8 Å². The molecule has 0 radical (unpaired) electrons. The van der Waals surface area contributed by atoms with Crippen LogP contribution >= 0.6 is 0 Å². The zero-order valence-electron chi connectivity index (χ0n) is 13.7. The van der Waals surface area contributed by atoms with Crippen molar-refractivity contribution < 1.29 is 14.3 Å². The van der Waals surface area contributed by atoms with Gasteiger partial charge in [-0.3, -0.25) is 9.59 Å². The molecule has 0 aromatic heterocycles. The summed E-state index contributed by atoms with van der Waals surface area (Å²) in [7, 11) is 1.69. The maximum absolute atomic E-state index is 11.9. The van der Waals surface area contributed by atoms with E-state index in [9.17, 15) is 9.59 Å². The van der Waals surface area contributed by atoms with E-state index in [4.69, 9.17) is 4.74 Å².